The fraction of sp³-hybridized carbons (Fsp3) is 0.188. The number of aromatic nitrogens is 4. The molecule has 0 saturated carbocycles. The molecule has 0 bridgehead atoms. The van der Waals surface area contributed by atoms with Crippen molar-refractivity contribution in [1.82, 2.24) is 19.7 Å². The number of ether oxygens (including phenoxy) is 1. The lowest BCUT2D eigenvalue weighted by molar-refractivity contribution is 0.0998. The largest absolute Gasteiger partial charge is 0.369 e. The van der Waals surface area contributed by atoms with Gasteiger partial charge in [-0.25, -0.2) is 0 Å². The summed E-state index contributed by atoms with van der Waals surface area (Å²) in [7, 11) is 1.93. The van der Waals surface area contributed by atoms with E-state index < -0.39 is 0 Å². The number of hydrogen-bond acceptors (Lipinski definition) is 4. The standard InChI is InChI=1S/C16H16N4O/c1-20-15(12-21-11-13-6-3-2-4-7-13)18-19-16(20)14-8-5-9-17-10-14/h2-10H,11-12H2,1H3. The first-order chi connectivity index (χ1) is 10.3. The van der Waals surface area contributed by atoms with E-state index in [0.717, 1.165) is 22.8 Å². The normalized spacial score (nSPS) is 10.7. The molecule has 0 fully saturated rings. The second kappa shape index (κ2) is 6.28. The van der Waals surface area contributed by atoms with Gasteiger partial charge in [0.15, 0.2) is 11.6 Å². The van der Waals surface area contributed by atoms with E-state index in [1.54, 1.807) is 12.4 Å². The first-order valence-electron chi connectivity index (χ1n) is 6.75. The highest BCUT2D eigenvalue weighted by Crippen LogP contribution is 2.16. The van der Waals surface area contributed by atoms with Gasteiger partial charge in [-0.3, -0.25) is 4.98 Å². The first kappa shape index (κ1) is 13.5. The van der Waals surface area contributed by atoms with Gasteiger partial charge in [0.25, 0.3) is 0 Å². The smallest absolute Gasteiger partial charge is 0.165 e. The van der Waals surface area contributed by atoms with Gasteiger partial charge in [0.2, 0.25) is 0 Å². The average molecular weight is 280 g/mol. The number of benzene rings is 1. The molecule has 0 saturated heterocycles. The Labute approximate surface area is 123 Å². The topological polar surface area (TPSA) is 52.8 Å². The van der Waals surface area contributed by atoms with Crippen LogP contribution in [0.3, 0.4) is 0 Å². The highest BCUT2D eigenvalue weighted by molar-refractivity contribution is 5.53. The summed E-state index contributed by atoms with van der Waals surface area (Å²) in [6.45, 7) is 0.995. The molecule has 2 aromatic heterocycles. The van der Waals surface area contributed by atoms with E-state index in [1.807, 2.05) is 54.1 Å². The summed E-state index contributed by atoms with van der Waals surface area (Å²) in [5, 5.41) is 8.39. The van der Waals surface area contributed by atoms with E-state index in [-0.39, 0.29) is 0 Å². The first-order valence-corrected chi connectivity index (χ1v) is 6.75. The Morgan fingerprint density at radius 2 is 1.86 bits per heavy atom. The van der Waals surface area contributed by atoms with Crippen molar-refractivity contribution in [3.05, 3.63) is 66.2 Å². The molecule has 0 radical (unpaired) electrons. The van der Waals surface area contributed by atoms with Crippen molar-refractivity contribution in [2.75, 3.05) is 0 Å². The lowest BCUT2D eigenvalue weighted by Gasteiger charge is -2.05. The maximum absolute atomic E-state index is 5.70. The summed E-state index contributed by atoms with van der Waals surface area (Å²) in [6, 6.07) is 13.9. The zero-order chi connectivity index (χ0) is 14.5. The molecule has 106 valence electrons. The summed E-state index contributed by atoms with van der Waals surface area (Å²) < 4.78 is 7.63. The summed E-state index contributed by atoms with van der Waals surface area (Å²) in [5.41, 5.74) is 2.09. The molecule has 0 N–H and O–H groups in total. The van der Waals surface area contributed by atoms with Gasteiger partial charge < -0.3 is 9.30 Å². The van der Waals surface area contributed by atoms with Crippen molar-refractivity contribution in [1.29, 1.82) is 0 Å². The molecule has 3 rings (SSSR count). The van der Waals surface area contributed by atoms with Gasteiger partial charge >= 0.3 is 0 Å². The molecule has 0 aliphatic carbocycles. The molecular formula is C16H16N4O. The minimum atomic E-state index is 0.429. The maximum atomic E-state index is 5.70. The number of pyridine rings is 1. The van der Waals surface area contributed by atoms with Crippen LogP contribution in [-0.4, -0.2) is 19.7 Å². The van der Waals surface area contributed by atoms with Crippen LogP contribution < -0.4 is 0 Å². The zero-order valence-corrected chi connectivity index (χ0v) is 11.8. The van der Waals surface area contributed by atoms with Crippen molar-refractivity contribution in [2.45, 2.75) is 13.2 Å². The number of rotatable bonds is 5. The van der Waals surface area contributed by atoms with Gasteiger partial charge in [0.05, 0.1) is 6.61 Å². The molecule has 5 heteroatoms. The number of nitrogens with zero attached hydrogens (tertiary/aromatic N) is 4. The third-order valence-electron chi connectivity index (χ3n) is 3.23. The van der Waals surface area contributed by atoms with Gasteiger partial charge in [0.1, 0.15) is 6.61 Å². The van der Waals surface area contributed by atoms with Crippen LogP contribution in [0.4, 0.5) is 0 Å². The minimum Gasteiger partial charge on any atom is -0.369 e. The van der Waals surface area contributed by atoms with Crippen molar-refractivity contribution < 1.29 is 4.74 Å². The van der Waals surface area contributed by atoms with E-state index in [9.17, 15) is 0 Å². The predicted molar refractivity (Wildman–Crippen MR) is 79.2 cm³/mol. The predicted octanol–water partition coefficient (Wildman–Crippen LogP) is 2.59. The maximum Gasteiger partial charge on any atom is 0.165 e. The van der Waals surface area contributed by atoms with E-state index in [2.05, 4.69) is 15.2 Å². The molecule has 2 heterocycles. The van der Waals surface area contributed by atoms with Crippen molar-refractivity contribution in [3.63, 3.8) is 0 Å². The molecule has 3 aromatic rings. The Morgan fingerprint density at radius 3 is 2.62 bits per heavy atom. The minimum absolute atomic E-state index is 0.429. The molecule has 0 unspecified atom stereocenters. The SMILES string of the molecule is Cn1c(COCc2ccccc2)nnc1-c1cccnc1. The van der Waals surface area contributed by atoms with Gasteiger partial charge in [-0.1, -0.05) is 30.3 Å². The summed E-state index contributed by atoms with van der Waals surface area (Å²) in [6.07, 6.45) is 3.52. The highest BCUT2D eigenvalue weighted by Gasteiger charge is 2.10. The van der Waals surface area contributed by atoms with Crippen molar-refractivity contribution >= 4 is 0 Å². The van der Waals surface area contributed by atoms with Crippen LogP contribution in [0, 0.1) is 0 Å². The van der Waals surface area contributed by atoms with Crippen LogP contribution in [0.2, 0.25) is 0 Å². The van der Waals surface area contributed by atoms with Crippen molar-refractivity contribution in [3.8, 4) is 11.4 Å². The third-order valence-corrected chi connectivity index (χ3v) is 3.23. The van der Waals surface area contributed by atoms with E-state index >= 15 is 0 Å². The Bertz CT molecular complexity index is 695. The zero-order valence-electron chi connectivity index (χ0n) is 11.8. The fourth-order valence-corrected chi connectivity index (χ4v) is 2.07. The van der Waals surface area contributed by atoms with E-state index in [4.69, 9.17) is 4.74 Å². The molecule has 0 atom stereocenters. The van der Waals surface area contributed by atoms with Crippen LogP contribution in [0.5, 0.6) is 0 Å². The van der Waals surface area contributed by atoms with Crippen LogP contribution in [-0.2, 0) is 25.0 Å². The van der Waals surface area contributed by atoms with E-state index in [1.165, 1.54) is 0 Å². The lowest BCUT2D eigenvalue weighted by atomic mass is 10.2. The summed E-state index contributed by atoms with van der Waals surface area (Å²) in [5.74, 6) is 1.59. The van der Waals surface area contributed by atoms with Gasteiger partial charge in [-0.2, -0.15) is 0 Å². The van der Waals surface area contributed by atoms with E-state index in [0.29, 0.717) is 13.2 Å². The third kappa shape index (κ3) is 3.14. The Morgan fingerprint density at radius 1 is 1.00 bits per heavy atom. The average Bonchev–Trinajstić information content (AvgIpc) is 2.90. The lowest BCUT2D eigenvalue weighted by Crippen LogP contribution is -2.03. The summed E-state index contributed by atoms with van der Waals surface area (Å²) in [4.78, 5) is 4.10. The molecular weight excluding hydrogens is 264 g/mol. The van der Waals surface area contributed by atoms with Crippen LogP contribution in [0.1, 0.15) is 11.4 Å². The molecule has 0 amide bonds. The Kier molecular flexibility index (Phi) is 4.02. The van der Waals surface area contributed by atoms with Crippen molar-refractivity contribution in [2.24, 2.45) is 7.05 Å². The highest BCUT2D eigenvalue weighted by atomic mass is 16.5. The monoisotopic (exact) mass is 280 g/mol. The second-order valence-corrected chi connectivity index (χ2v) is 4.72. The second-order valence-electron chi connectivity index (χ2n) is 4.72. The molecule has 0 aliphatic heterocycles. The molecule has 5 nitrogen and oxygen atoms in total. The molecule has 0 aliphatic rings. The number of hydrogen-bond donors (Lipinski definition) is 0. The van der Waals surface area contributed by atoms with Crippen LogP contribution in [0.15, 0.2) is 54.9 Å². The molecule has 21 heavy (non-hydrogen) atoms. The summed E-state index contributed by atoms with van der Waals surface area (Å²) >= 11 is 0. The van der Waals surface area contributed by atoms with Gasteiger partial charge in [-0.05, 0) is 17.7 Å². The van der Waals surface area contributed by atoms with Gasteiger partial charge in [0, 0.05) is 25.0 Å². The quantitative estimate of drug-likeness (QED) is 0.721. The van der Waals surface area contributed by atoms with Crippen LogP contribution >= 0.6 is 0 Å². The fourth-order valence-electron chi connectivity index (χ4n) is 2.07. The van der Waals surface area contributed by atoms with Gasteiger partial charge in [-0.15, -0.1) is 10.2 Å². The molecule has 1 aromatic carbocycles. The Balaban J connectivity index is 1.66. The van der Waals surface area contributed by atoms with Crippen LogP contribution in [0.25, 0.3) is 11.4 Å². The Hall–Kier alpha value is -2.53. The molecule has 0 spiro atoms.